The van der Waals surface area contributed by atoms with Crippen LogP contribution in [-0.2, 0) is 26.2 Å². The van der Waals surface area contributed by atoms with E-state index < -0.39 is 16.1 Å². The summed E-state index contributed by atoms with van der Waals surface area (Å²) in [5.41, 5.74) is 1.26. The third-order valence-corrected chi connectivity index (χ3v) is 7.33. The maximum atomic E-state index is 13.3. The van der Waals surface area contributed by atoms with E-state index in [9.17, 15) is 18.0 Å². The number of ether oxygens (including phenoxy) is 1. The fourth-order valence-electron chi connectivity index (χ4n) is 3.65. The molecule has 0 aliphatic carbocycles. The number of nitrogens with one attached hydrogen (secondary N) is 1. The minimum absolute atomic E-state index is 0.0192. The van der Waals surface area contributed by atoms with Gasteiger partial charge in [-0.25, -0.2) is 8.42 Å². The zero-order valence-electron chi connectivity index (χ0n) is 21.5. The molecule has 2 amide bonds. The van der Waals surface area contributed by atoms with E-state index in [4.69, 9.17) is 16.3 Å². The average Bonchev–Trinajstić information content (AvgIpc) is 2.83. The van der Waals surface area contributed by atoms with Gasteiger partial charge in [0.05, 0.1) is 19.1 Å². The summed E-state index contributed by atoms with van der Waals surface area (Å²) in [5, 5.41) is 3.47. The Hall–Kier alpha value is -2.78. The van der Waals surface area contributed by atoms with Crippen LogP contribution in [0, 0.1) is 0 Å². The quantitative estimate of drug-likeness (QED) is 0.412. The molecule has 2 aromatic rings. The zero-order chi connectivity index (χ0) is 26.9. The molecule has 2 unspecified atom stereocenters. The topological polar surface area (TPSA) is 96.0 Å². The van der Waals surface area contributed by atoms with Crippen LogP contribution in [0.25, 0.3) is 0 Å². The molecule has 0 saturated heterocycles. The average molecular weight is 538 g/mol. The summed E-state index contributed by atoms with van der Waals surface area (Å²) in [4.78, 5) is 27.7. The Morgan fingerprint density at radius 2 is 1.81 bits per heavy atom. The second kappa shape index (κ2) is 13.5. The van der Waals surface area contributed by atoms with Gasteiger partial charge in [-0.2, -0.15) is 0 Å². The lowest BCUT2D eigenvalue weighted by Gasteiger charge is -2.30. The van der Waals surface area contributed by atoms with Gasteiger partial charge in [0.15, 0.2) is 0 Å². The van der Waals surface area contributed by atoms with Gasteiger partial charge in [-0.15, -0.1) is 0 Å². The molecule has 10 heteroatoms. The molecule has 0 bridgehead atoms. The van der Waals surface area contributed by atoms with E-state index in [-0.39, 0.29) is 43.8 Å². The predicted molar refractivity (Wildman–Crippen MR) is 144 cm³/mol. The van der Waals surface area contributed by atoms with E-state index in [0.29, 0.717) is 16.5 Å². The summed E-state index contributed by atoms with van der Waals surface area (Å²) >= 11 is 6.12. The van der Waals surface area contributed by atoms with E-state index in [0.717, 1.165) is 18.2 Å². The van der Waals surface area contributed by atoms with Crippen LogP contribution in [-0.4, -0.2) is 57.1 Å². The van der Waals surface area contributed by atoms with Crippen LogP contribution in [0.4, 0.5) is 5.69 Å². The van der Waals surface area contributed by atoms with Crippen molar-refractivity contribution in [2.45, 2.75) is 58.7 Å². The van der Waals surface area contributed by atoms with E-state index >= 15 is 0 Å². The smallest absolute Gasteiger partial charge is 0.242 e. The summed E-state index contributed by atoms with van der Waals surface area (Å²) in [6.07, 6.45) is 2.24. The van der Waals surface area contributed by atoms with Crippen LogP contribution in [0.3, 0.4) is 0 Å². The number of carbonyl (C=O) groups excluding carboxylic acids is 2. The number of amides is 2. The molecule has 2 atom stereocenters. The first-order valence-electron chi connectivity index (χ1n) is 11.9. The number of methoxy groups -OCH3 is 1. The highest BCUT2D eigenvalue weighted by molar-refractivity contribution is 7.92. The van der Waals surface area contributed by atoms with Gasteiger partial charge < -0.3 is 15.0 Å². The minimum atomic E-state index is -3.59. The summed E-state index contributed by atoms with van der Waals surface area (Å²) in [7, 11) is -2.08. The third kappa shape index (κ3) is 8.71. The first kappa shape index (κ1) is 29.5. The third-order valence-electron chi connectivity index (χ3n) is 5.90. The number of halogens is 1. The number of rotatable bonds is 13. The summed E-state index contributed by atoms with van der Waals surface area (Å²) < 4.78 is 31.4. The number of hydrogen-bond acceptors (Lipinski definition) is 5. The van der Waals surface area contributed by atoms with Crippen LogP contribution in [0.2, 0.25) is 5.02 Å². The largest absolute Gasteiger partial charge is 0.497 e. The number of benzene rings is 2. The molecule has 0 fully saturated rings. The Morgan fingerprint density at radius 3 is 2.42 bits per heavy atom. The standard InChI is InChI=1S/C26H36ClN3O5S/c1-6-19(2)28-26(32)20(3)29(18-21-10-7-11-22(27)16-21)25(31)14-9-15-30(36(5,33)34)23-12-8-13-24(17-23)35-4/h7-8,10-13,16-17,19-20H,6,9,14-15,18H2,1-5H3,(H,28,32). The van der Waals surface area contributed by atoms with Crippen molar-refractivity contribution in [3.63, 3.8) is 0 Å². The van der Waals surface area contributed by atoms with Gasteiger partial charge in [0.2, 0.25) is 21.8 Å². The first-order valence-corrected chi connectivity index (χ1v) is 14.1. The molecule has 0 aliphatic rings. The number of carbonyl (C=O) groups is 2. The molecule has 1 N–H and O–H groups in total. The van der Waals surface area contributed by atoms with E-state index in [2.05, 4.69) is 5.32 Å². The molecule has 0 radical (unpaired) electrons. The molecule has 8 nitrogen and oxygen atoms in total. The van der Waals surface area contributed by atoms with Crippen molar-refractivity contribution in [3.8, 4) is 5.75 Å². The van der Waals surface area contributed by atoms with Gasteiger partial charge in [-0.3, -0.25) is 13.9 Å². The van der Waals surface area contributed by atoms with Gasteiger partial charge in [-0.05, 0) is 56.5 Å². The van der Waals surface area contributed by atoms with Crippen molar-refractivity contribution in [1.82, 2.24) is 10.2 Å². The van der Waals surface area contributed by atoms with Crippen molar-refractivity contribution < 1.29 is 22.7 Å². The summed E-state index contributed by atoms with van der Waals surface area (Å²) in [6.45, 7) is 5.89. The van der Waals surface area contributed by atoms with E-state index in [1.807, 2.05) is 19.9 Å². The number of nitrogens with zero attached hydrogens (tertiary/aromatic N) is 2. The monoisotopic (exact) mass is 537 g/mol. The number of anilines is 1. The number of hydrogen-bond donors (Lipinski definition) is 1. The lowest BCUT2D eigenvalue weighted by atomic mass is 10.1. The second-order valence-electron chi connectivity index (χ2n) is 8.79. The predicted octanol–water partition coefficient (Wildman–Crippen LogP) is 4.23. The lowest BCUT2D eigenvalue weighted by Crippen LogP contribution is -2.49. The van der Waals surface area contributed by atoms with E-state index in [1.165, 1.54) is 16.3 Å². The van der Waals surface area contributed by atoms with E-state index in [1.54, 1.807) is 49.4 Å². The molecule has 0 aliphatic heterocycles. The molecule has 0 saturated carbocycles. The van der Waals surface area contributed by atoms with Gasteiger partial charge in [-0.1, -0.05) is 36.7 Å². The SMILES string of the molecule is CCC(C)NC(=O)C(C)N(Cc1cccc(Cl)c1)C(=O)CCCN(c1cccc(OC)c1)S(C)(=O)=O. The van der Waals surface area contributed by atoms with Crippen molar-refractivity contribution in [2.24, 2.45) is 0 Å². The van der Waals surface area contributed by atoms with Crippen LogP contribution in [0.1, 0.15) is 45.6 Å². The Morgan fingerprint density at radius 1 is 1.11 bits per heavy atom. The highest BCUT2D eigenvalue weighted by atomic mass is 35.5. The first-order chi connectivity index (χ1) is 17.0. The molecular weight excluding hydrogens is 502 g/mol. The van der Waals surface area contributed by atoms with Crippen LogP contribution >= 0.6 is 11.6 Å². The Kier molecular flexibility index (Phi) is 11.0. The molecular formula is C26H36ClN3O5S. The molecule has 2 rings (SSSR count). The summed E-state index contributed by atoms with van der Waals surface area (Å²) in [5.74, 6) is 0.0424. The zero-order valence-corrected chi connectivity index (χ0v) is 23.1. The van der Waals surface area contributed by atoms with Crippen molar-refractivity contribution in [3.05, 3.63) is 59.1 Å². The maximum absolute atomic E-state index is 13.3. The normalized spacial score (nSPS) is 12.9. The molecule has 2 aromatic carbocycles. The maximum Gasteiger partial charge on any atom is 0.242 e. The highest BCUT2D eigenvalue weighted by Gasteiger charge is 2.27. The van der Waals surface area contributed by atoms with Gasteiger partial charge in [0, 0.05) is 36.6 Å². The Bertz CT molecular complexity index is 1140. The molecule has 198 valence electrons. The van der Waals surface area contributed by atoms with Gasteiger partial charge in [0.25, 0.3) is 0 Å². The molecule has 36 heavy (non-hydrogen) atoms. The van der Waals surface area contributed by atoms with Crippen LogP contribution in [0.5, 0.6) is 5.75 Å². The van der Waals surface area contributed by atoms with Gasteiger partial charge >= 0.3 is 0 Å². The molecule has 0 heterocycles. The van der Waals surface area contributed by atoms with Gasteiger partial charge in [0.1, 0.15) is 11.8 Å². The van der Waals surface area contributed by atoms with Crippen molar-refractivity contribution in [1.29, 1.82) is 0 Å². The fourth-order valence-corrected chi connectivity index (χ4v) is 4.82. The second-order valence-corrected chi connectivity index (χ2v) is 11.1. The molecule has 0 aromatic heterocycles. The minimum Gasteiger partial charge on any atom is -0.497 e. The fraction of sp³-hybridized carbons (Fsp3) is 0.462. The summed E-state index contributed by atoms with van der Waals surface area (Å²) in [6, 6.07) is 13.2. The Labute approximate surface area is 219 Å². The van der Waals surface area contributed by atoms with Crippen LogP contribution < -0.4 is 14.4 Å². The number of sulfonamides is 1. The lowest BCUT2D eigenvalue weighted by molar-refractivity contribution is -0.140. The molecule has 0 spiro atoms. The van der Waals surface area contributed by atoms with Crippen LogP contribution in [0.15, 0.2) is 48.5 Å². The van der Waals surface area contributed by atoms with Crippen molar-refractivity contribution in [2.75, 3.05) is 24.2 Å². The Balaban J connectivity index is 2.18. The van der Waals surface area contributed by atoms with Crippen molar-refractivity contribution >= 4 is 39.1 Å². The highest BCUT2D eigenvalue weighted by Crippen LogP contribution is 2.24.